The number of nitro groups is 2. The van der Waals surface area contributed by atoms with Crippen LogP contribution in [0.2, 0.25) is 0 Å². The van der Waals surface area contributed by atoms with Crippen molar-refractivity contribution in [2.75, 3.05) is 6.54 Å². The van der Waals surface area contributed by atoms with E-state index in [2.05, 4.69) is 0 Å². The van der Waals surface area contributed by atoms with Gasteiger partial charge in [-0.1, -0.05) is 6.08 Å². The number of hydrogen-bond acceptors (Lipinski definition) is 4. The SMILES string of the molecule is O=[N+]([O-])CC=Cc1ccc([N+](=O)[O-])cc1. The summed E-state index contributed by atoms with van der Waals surface area (Å²) >= 11 is 0. The molecule has 78 valence electrons. The molecule has 0 fully saturated rings. The van der Waals surface area contributed by atoms with Crippen LogP contribution in [-0.4, -0.2) is 16.4 Å². The van der Waals surface area contributed by atoms with E-state index in [4.69, 9.17) is 0 Å². The average molecular weight is 208 g/mol. The summed E-state index contributed by atoms with van der Waals surface area (Å²) in [5.41, 5.74) is 0.698. The van der Waals surface area contributed by atoms with Crippen molar-refractivity contribution in [2.24, 2.45) is 0 Å². The molecule has 0 aliphatic carbocycles. The Bertz CT molecular complexity index is 397. The predicted molar refractivity (Wildman–Crippen MR) is 54.0 cm³/mol. The topological polar surface area (TPSA) is 86.3 Å². The molecule has 0 amide bonds. The van der Waals surface area contributed by atoms with Crippen molar-refractivity contribution < 1.29 is 9.85 Å². The molecule has 0 bridgehead atoms. The second-order valence-electron chi connectivity index (χ2n) is 2.77. The first-order valence-corrected chi connectivity index (χ1v) is 4.12. The summed E-state index contributed by atoms with van der Waals surface area (Å²) in [6.07, 6.45) is 2.94. The maximum absolute atomic E-state index is 10.3. The minimum Gasteiger partial charge on any atom is -0.264 e. The number of rotatable bonds is 4. The zero-order valence-corrected chi connectivity index (χ0v) is 7.70. The van der Waals surface area contributed by atoms with Gasteiger partial charge in [-0.2, -0.15) is 0 Å². The largest absolute Gasteiger partial charge is 0.269 e. The predicted octanol–water partition coefficient (Wildman–Crippen LogP) is 1.88. The number of non-ortho nitro benzene ring substituents is 1. The Morgan fingerprint density at radius 2 is 1.73 bits per heavy atom. The highest BCUT2D eigenvalue weighted by molar-refractivity contribution is 5.51. The summed E-state index contributed by atoms with van der Waals surface area (Å²) in [6.45, 7) is -0.253. The van der Waals surface area contributed by atoms with E-state index in [1.807, 2.05) is 0 Å². The normalized spacial score (nSPS) is 10.4. The molecule has 0 saturated carbocycles. The van der Waals surface area contributed by atoms with Crippen molar-refractivity contribution in [2.45, 2.75) is 0 Å². The molecule has 0 aliphatic heterocycles. The van der Waals surface area contributed by atoms with E-state index >= 15 is 0 Å². The van der Waals surface area contributed by atoms with Gasteiger partial charge in [0.25, 0.3) is 5.69 Å². The monoisotopic (exact) mass is 208 g/mol. The molecular weight excluding hydrogens is 200 g/mol. The lowest BCUT2D eigenvalue weighted by molar-refractivity contribution is -0.468. The molecule has 1 aromatic carbocycles. The molecule has 0 N–H and O–H groups in total. The van der Waals surface area contributed by atoms with Gasteiger partial charge in [0.2, 0.25) is 6.54 Å². The van der Waals surface area contributed by atoms with E-state index in [0.717, 1.165) is 0 Å². The van der Waals surface area contributed by atoms with Crippen LogP contribution in [0.25, 0.3) is 6.08 Å². The fourth-order valence-corrected chi connectivity index (χ4v) is 0.982. The molecule has 0 spiro atoms. The fourth-order valence-electron chi connectivity index (χ4n) is 0.982. The first kappa shape index (κ1) is 10.8. The highest BCUT2D eigenvalue weighted by Crippen LogP contribution is 2.12. The van der Waals surface area contributed by atoms with Crippen molar-refractivity contribution >= 4 is 11.8 Å². The van der Waals surface area contributed by atoms with Crippen LogP contribution in [0, 0.1) is 20.2 Å². The average Bonchev–Trinajstić information content (AvgIpc) is 2.18. The van der Waals surface area contributed by atoms with E-state index in [9.17, 15) is 20.2 Å². The summed E-state index contributed by atoms with van der Waals surface area (Å²) in [5, 5.41) is 20.3. The molecular formula is C9H8N2O4. The Kier molecular flexibility index (Phi) is 3.50. The molecule has 15 heavy (non-hydrogen) atoms. The minimum atomic E-state index is -0.496. The second kappa shape index (κ2) is 4.85. The second-order valence-corrected chi connectivity index (χ2v) is 2.77. The van der Waals surface area contributed by atoms with E-state index < -0.39 is 9.85 Å². The Morgan fingerprint density at radius 1 is 1.13 bits per heavy atom. The van der Waals surface area contributed by atoms with Gasteiger partial charge in [-0.3, -0.25) is 20.2 Å². The quantitative estimate of drug-likeness (QED) is 0.558. The van der Waals surface area contributed by atoms with Gasteiger partial charge >= 0.3 is 0 Å². The van der Waals surface area contributed by atoms with Crippen LogP contribution >= 0.6 is 0 Å². The maximum atomic E-state index is 10.3. The lowest BCUT2D eigenvalue weighted by Crippen LogP contribution is -1.95. The number of nitrogens with zero attached hydrogens (tertiary/aromatic N) is 2. The molecule has 6 heteroatoms. The van der Waals surface area contributed by atoms with Gasteiger partial charge in [0.05, 0.1) is 4.92 Å². The van der Waals surface area contributed by atoms with Crippen molar-refractivity contribution in [3.63, 3.8) is 0 Å². The minimum absolute atomic E-state index is 0.00132. The molecule has 6 nitrogen and oxygen atoms in total. The molecule has 0 saturated heterocycles. The molecule has 0 radical (unpaired) electrons. The van der Waals surface area contributed by atoms with Crippen LogP contribution in [0.1, 0.15) is 5.56 Å². The Hall–Kier alpha value is -2.24. The van der Waals surface area contributed by atoms with Gasteiger partial charge in [-0.25, -0.2) is 0 Å². The van der Waals surface area contributed by atoms with Crippen molar-refractivity contribution in [1.82, 2.24) is 0 Å². The molecule has 0 atom stereocenters. The smallest absolute Gasteiger partial charge is 0.264 e. The molecule has 0 heterocycles. The van der Waals surface area contributed by atoms with Crippen LogP contribution in [0.4, 0.5) is 5.69 Å². The first-order valence-electron chi connectivity index (χ1n) is 4.12. The fraction of sp³-hybridized carbons (Fsp3) is 0.111. The van der Waals surface area contributed by atoms with Gasteiger partial charge in [-0.15, -0.1) is 0 Å². The third-order valence-electron chi connectivity index (χ3n) is 1.67. The number of benzene rings is 1. The molecule has 0 aromatic heterocycles. The Labute approximate surface area is 85.1 Å². The third-order valence-corrected chi connectivity index (χ3v) is 1.67. The lowest BCUT2D eigenvalue weighted by Gasteiger charge is -1.92. The summed E-state index contributed by atoms with van der Waals surface area (Å²) in [4.78, 5) is 19.4. The van der Waals surface area contributed by atoms with Crippen LogP contribution in [0.5, 0.6) is 0 Å². The summed E-state index contributed by atoms with van der Waals surface area (Å²) in [5.74, 6) is 0. The van der Waals surface area contributed by atoms with E-state index in [1.165, 1.54) is 30.3 Å². The van der Waals surface area contributed by atoms with E-state index in [0.29, 0.717) is 5.56 Å². The molecule has 0 aliphatic rings. The van der Waals surface area contributed by atoms with Crippen LogP contribution < -0.4 is 0 Å². The van der Waals surface area contributed by atoms with Gasteiger partial charge < -0.3 is 0 Å². The van der Waals surface area contributed by atoms with Crippen LogP contribution in [-0.2, 0) is 0 Å². The standard InChI is InChI=1S/C9H8N2O4/c12-10(13)7-1-2-8-3-5-9(6-4-8)11(14)15/h1-6H,7H2. The number of hydrogen-bond donors (Lipinski definition) is 0. The van der Waals surface area contributed by atoms with Gasteiger partial charge in [0.1, 0.15) is 0 Å². The van der Waals surface area contributed by atoms with Gasteiger partial charge in [0, 0.05) is 17.1 Å². The number of nitro benzene ring substituents is 1. The zero-order chi connectivity index (χ0) is 11.3. The highest BCUT2D eigenvalue weighted by atomic mass is 16.6. The van der Waals surface area contributed by atoms with Crippen molar-refractivity contribution in [3.05, 3.63) is 56.1 Å². The highest BCUT2D eigenvalue weighted by Gasteiger charge is 2.02. The lowest BCUT2D eigenvalue weighted by atomic mass is 10.2. The van der Waals surface area contributed by atoms with Crippen LogP contribution in [0.3, 0.4) is 0 Å². The summed E-state index contributed by atoms with van der Waals surface area (Å²) in [6, 6.07) is 5.78. The van der Waals surface area contributed by atoms with E-state index in [1.54, 1.807) is 6.08 Å². The van der Waals surface area contributed by atoms with Gasteiger partial charge in [0.15, 0.2) is 0 Å². The summed E-state index contributed by atoms with van der Waals surface area (Å²) in [7, 11) is 0. The zero-order valence-electron chi connectivity index (χ0n) is 7.70. The van der Waals surface area contributed by atoms with Crippen molar-refractivity contribution in [3.8, 4) is 0 Å². The Morgan fingerprint density at radius 3 is 2.20 bits per heavy atom. The molecule has 1 rings (SSSR count). The molecule has 1 aromatic rings. The maximum Gasteiger partial charge on any atom is 0.269 e. The third kappa shape index (κ3) is 3.55. The summed E-state index contributed by atoms with van der Waals surface area (Å²) < 4.78 is 0. The Balaban J connectivity index is 2.68. The molecule has 0 unspecified atom stereocenters. The van der Waals surface area contributed by atoms with Crippen LogP contribution in [0.15, 0.2) is 30.3 Å². The van der Waals surface area contributed by atoms with Gasteiger partial charge in [-0.05, 0) is 23.8 Å². The van der Waals surface area contributed by atoms with Crippen molar-refractivity contribution in [1.29, 1.82) is 0 Å². The van der Waals surface area contributed by atoms with E-state index in [-0.39, 0.29) is 12.2 Å². The first-order chi connectivity index (χ1) is 7.09.